The van der Waals surface area contributed by atoms with Crippen LogP contribution in [0.5, 0.6) is 0 Å². The topological polar surface area (TPSA) is 63.7 Å². The van der Waals surface area contributed by atoms with Crippen molar-refractivity contribution in [2.24, 2.45) is 0 Å². The van der Waals surface area contributed by atoms with E-state index in [1.165, 1.54) is 4.90 Å². The molecule has 0 saturated heterocycles. The first-order valence-corrected chi connectivity index (χ1v) is 10.3. The highest BCUT2D eigenvalue weighted by molar-refractivity contribution is 6.10. The van der Waals surface area contributed by atoms with Gasteiger partial charge in [-0.3, -0.25) is 19.3 Å². The summed E-state index contributed by atoms with van der Waals surface area (Å²) in [5.74, 6) is -1.31. The zero-order valence-corrected chi connectivity index (χ0v) is 18.0. The SMILES string of the molecule is C=C1c2ccccc2C(=O)N1CC(=O)OC(C(=O)c1ccc(C)cc1)c1ccc(C)cc1. The molecular formula is C27H23NO4. The highest BCUT2D eigenvalue weighted by Gasteiger charge is 2.34. The predicted molar refractivity (Wildman–Crippen MR) is 122 cm³/mol. The first kappa shape index (κ1) is 21.2. The van der Waals surface area contributed by atoms with Crippen LogP contribution < -0.4 is 0 Å². The van der Waals surface area contributed by atoms with Gasteiger partial charge in [0.05, 0.1) is 0 Å². The Morgan fingerprint density at radius 1 is 0.875 bits per heavy atom. The molecular weight excluding hydrogens is 402 g/mol. The summed E-state index contributed by atoms with van der Waals surface area (Å²) in [5, 5.41) is 0. The van der Waals surface area contributed by atoms with Crippen LogP contribution in [0.25, 0.3) is 5.70 Å². The van der Waals surface area contributed by atoms with E-state index in [0.29, 0.717) is 28.0 Å². The van der Waals surface area contributed by atoms with Crippen LogP contribution in [-0.2, 0) is 9.53 Å². The van der Waals surface area contributed by atoms with Crippen LogP contribution >= 0.6 is 0 Å². The lowest BCUT2D eigenvalue weighted by molar-refractivity contribution is -0.147. The van der Waals surface area contributed by atoms with Crippen molar-refractivity contribution in [1.29, 1.82) is 0 Å². The molecule has 32 heavy (non-hydrogen) atoms. The lowest BCUT2D eigenvalue weighted by atomic mass is 9.98. The number of fused-ring (bicyclic) bond motifs is 1. The third-order valence-electron chi connectivity index (χ3n) is 5.53. The zero-order chi connectivity index (χ0) is 22.8. The molecule has 3 aromatic carbocycles. The second kappa shape index (κ2) is 8.63. The molecule has 1 amide bonds. The fourth-order valence-electron chi connectivity index (χ4n) is 3.68. The van der Waals surface area contributed by atoms with Crippen LogP contribution in [0.3, 0.4) is 0 Å². The molecule has 4 rings (SSSR count). The molecule has 1 atom stereocenters. The second-order valence-electron chi connectivity index (χ2n) is 7.89. The van der Waals surface area contributed by atoms with E-state index in [2.05, 4.69) is 6.58 Å². The Kier molecular flexibility index (Phi) is 5.73. The summed E-state index contributed by atoms with van der Waals surface area (Å²) in [6.07, 6.45) is -1.11. The molecule has 160 valence electrons. The molecule has 0 spiro atoms. The minimum Gasteiger partial charge on any atom is -0.448 e. The maximum absolute atomic E-state index is 13.2. The van der Waals surface area contributed by atoms with E-state index in [-0.39, 0.29) is 18.2 Å². The Morgan fingerprint density at radius 3 is 2.03 bits per heavy atom. The lowest BCUT2D eigenvalue weighted by Gasteiger charge is -2.21. The maximum atomic E-state index is 13.2. The summed E-state index contributed by atoms with van der Waals surface area (Å²) >= 11 is 0. The Labute approximate surface area is 186 Å². The number of Topliss-reactive ketones (excluding diaryl/α,β-unsaturated/α-hetero) is 1. The van der Waals surface area contributed by atoms with Gasteiger partial charge in [-0.15, -0.1) is 0 Å². The standard InChI is InChI=1S/C27H23NO4/c1-17-8-12-20(13-9-17)25(30)26(21-14-10-18(2)11-15-21)32-24(29)16-28-19(3)22-6-4-5-7-23(22)27(28)31/h4-15,26H,3,16H2,1-2H3. The predicted octanol–water partition coefficient (Wildman–Crippen LogP) is 4.90. The van der Waals surface area contributed by atoms with Gasteiger partial charge in [0.1, 0.15) is 6.54 Å². The van der Waals surface area contributed by atoms with Crippen LogP contribution in [0.1, 0.15) is 49.1 Å². The van der Waals surface area contributed by atoms with Gasteiger partial charge >= 0.3 is 5.97 Å². The number of aryl methyl sites for hydroxylation is 2. The van der Waals surface area contributed by atoms with Gasteiger partial charge in [-0.25, -0.2) is 0 Å². The average molecular weight is 425 g/mol. The molecule has 0 radical (unpaired) electrons. The minimum absolute atomic E-state index is 0.306. The molecule has 0 saturated carbocycles. The Morgan fingerprint density at radius 2 is 1.44 bits per heavy atom. The van der Waals surface area contributed by atoms with Crippen LogP contribution in [-0.4, -0.2) is 29.1 Å². The monoisotopic (exact) mass is 425 g/mol. The quantitative estimate of drug-likeness (QED) is 0.416. The first-order valence-electron chi connectivity index (χ1n) is 10.3. The second-order valence-corrected chi connectivity index (χ2v) is 7.89. The van der Waals surface area contributed by atoms with Crippen molar-refractivity contribution in [3.63, 3.8) is 0 Å². The number of ether oxygens (including phenoxy) is 1. The summed E-state index contributed by atoms with van der Waals surface area (Å²) in [6.45, 7) is 7.50. The summed E-state index contributed by atoms with van der Waals surface area (Å²) in [6, 6.07) is 21.4. The number of amides is 1. The van der Waals surface area contributed by atoms with Crippen LogP contribution in [0.15, 0.2) is 79.4 Å². The van der Waals surface area contributed by atoms with Crippen molar-refractivity contribution in [3.8, 4) is 0 Å². The summed E-state index contributed by atoms with van der Waals surface area (Å²) in [7, 11) is 0. The van der Waals surface area contributed by atoms with Gasteiger partial charge < -0.3 is 4.74 Å². The number of carbonyl (C=O) groups is 3. The van der Waals surface area contributed by atoms with Gasteiger partial charge in [0, 0.05) is 28.0 Å². The van der Waals surface area contributed by atoms with E-state index in [9.17, 15) is 14.4 Å². The number of rotatable bonds is 6. The van der Waals surface area contributed by atoms with E-state index in [4.69, 9.17) is 4.74 Å². The summed E-state index contributed by atoms with van der Waals surface area (Å²) < 4.78 is 5.66. The Bertz CT molecular complexity index is 1170. The van der Waals surface area contributed by atoms with Gasteiger partial charge in [-0.1, -0.05) is 84.4 Å². The molecule has 5 nitrogen and oxygen atoms in total. The maximum Gasteiger partial charge on any atom is 0.327 e. The molecule has 1 heterocycles. The fraction of sp³-hybridized carbons (Fsp3) is 0.148. The number of hydrogen-bond acceptors (Lipinski definition) is 4. The van der Waals surface area contributed by atoms with Crippen LogP contribution in [0, 0.1) is 13.8 Å². The molecule has 0 bridgehead atoms. The number of hydrogen-bond donors (Lipinski definition) is 0. The third kappa shape index (κ3) is 4.10. The largest absolute Gasteiger partial charge is 0.448 e. The van der Waals surface area contributed by atoms with Gasteiger partial charge in [-0.05, 0) is 19.9 Å². The van der Waals surface area contributed by atoms with Crippen LogP contribution in [0.4, 0.5) is 0 Å². The molecule has 3 aromatic rings. The van der Waals surface area contributed by atoms with E-state index in [1.807, 2.05) is 44.2 Å². The van der Waals surface area contributed by atoms with Gasteiger partial charge in [-0.2, -0.15) is 0 Å². The molecule has 0 fully saturated rings. The van der Waals surface area contributed by atoms with E-state index in [0.717, 1.165) is 11.1 Å². The first-order chi connectivity index (χ1) is 15.3. The molecule has 1 aliphatic rings. The molecule has 0 aliphatic carbocycles. The molecule has 5 heteroatoms. The van der Waals surface area contributed by atoms with Crippen molar-refractivity contribution in [2.75, 3.05) is 6.54 Å². The number of carbonyl (C=O) groups excluding carboxylic acids is 3. The number of esters is 1. The van der Waals surface area contributed by atoms with Crippen molar-refractivity contribution >= 4 is 23.4 Å². The van der Waals surface area contributed by atoms with Gasteiger partial charge in [0.2, 0.25) is 5.78 Å². The molecule has 1 aliphatic heterocycles. The van der Waals surface area contributed by atoms with Crippen molar-refractivity contribution in [2.45, 2.75) is 20.0 Å². The number of ketones is 1. The number of nitrogens with zero attached hydrogens (tertiary/aromatic N) is 1. The molecule has 0 aromatic heterocycles. The van der Waals surface area contributed by atoms with E-state index >= 15 is 0 Å². The normalized spacial score (nSPS) is 13.6. The minimum atomic E-state index is -1.11. The van der Waals surface area contributed by atoms with Crippen molar-refractivity contribution in [1.82, 2.24) is 4.90 Å². The summed E-state index contributed by atoms with van der Waals surface area (Å²) in [4.78, 5) is 40.1. The van der Waals surface area contributed by atoms with Gasteiger partial charge in [0.25, 0.3) is 5.91 Å². The zero-order valence-electron chi connectivity index (χ0n) is 18.0. The lowest BCUT2D eigenvalue weighted by Crippen LogP contribution is -2.32. The van der Waals surface area contributed by atoms with Crippen molar-refractivity contribution in [3.05, 3.63) is 113 Å². The summed E-state index contributed by atoms with van der Waals surface area (Å²) in [5.41, 5.74) is 4.70. The van der Waals surface area contributed by atoms with E-state index in [1.54, 1.807) is 42.5 Å². The molecule has 0 N–H and O–H groups in total. The fourth-order valence-corrected chi connectivity index (χ4v) is 3.68. The van der Waals surface area contributed by atoms with Gasteiger partial charge in [0.15, 0.2) is 6.10 Å². The van der Waals surface area contributed by atoms with E-state index < -0.39 is 12.1 Å². The highest BCUT2D eigenvalue weighted by atomic mass is 16.5. The Hall–Kier alpha value is -3.99. The Balaban J connectivity index is 1.57. The third-order valence-corrected chi connectivity index (χ3v) is 5.53. The number of benzene rings is 3. The van der Waals surface area contributed by atoms with Crippen molar-refractivity contribution < 1.29 is 19.1 Å². The van der Waals surface area contributed by atoms with Crippen LogP contribution in [0.2, 0.25) is 0 Å². The highest BCUT2D eigenvalue weighted by Crippen LogP contribution is 2.31. The smallest absolute Gasteiger partial charge is 0.327 e. The average Bonchev–Trinajstić information content (AvgIpc) is 3.03. The molecule has 1 unspecified atom stereocenters.